The number of nitriles is 1. The van der Waals surface area contributed by atoms with E-state index in [1.54, 1.807) is 6.07 Å². The average Bonchev–Trinajstić information content (AvgIpc) is 3.50. The summed E-state index contributed by atoms with van der Waals surface area (Å²) in [5.74, 6) is 1.39. The Balaban J connectivity index is 1.13. The fourth-order valence-electron chi connectivity index (χ4n) is 6.40. The Labute approximate surface area is 234 Å². The lowest BCUT2D eigenvalue weighted by Gasteiger charge is -2.41. The predicted octanol–water partition coefficient (Wildman–Crippen LogP) is 7.60. The molecule has 1 N–H and O–H groups in total. The fraction of sp³-hybridized carbons (Fsp3) is 0.414. The highest BCUT2D eigenvalue weighted by atomic mass is 35.5. The molecular weight excluding hydrogens is 541 g/mol. The zero-order valence-electron chi connectivity index (χ0n) is 20.5. The molecule has 0 amide bonds. The lowest BCUT2D eigenvalue weighted by Crippen LogP contribution is -2.44. The molecule has 3 fully saturated rings. The lowest BCUT2D eigenvalue weighted by atomic mass is 9.73. The molecule has 3 aliphatic carbocycles. The molecule has 2 aromatic carbocycles. The third-order valence-corrected chi connectivity index (χ3v) is 10.3. The summed E-state index contributed by atoms with van der Waals surface area (Å²) in [6.07, 6.45) is 5.59. The normalized spacial score (nSPS) is 26.6. The SMILES string of the molecule is N#Cc1ccc2nc([C@]3(O)[C@@H]4CC[C@H]3C[C@@H](OCc3c(-c5c(Cl)cccc5Cl)noc3C3CC3)C4)sc2c1. The molecule has 0 aliphatic heterocycles. The predicted molar refractivity (Wildman–Crippen MR) is 146 cm³/mol. The Morgan fingerprint density at radius 3 is 2.53 bits per heavy atom. The molecule has 0 spiro atoms. The molecule has 0 radical (unpaired) electrons. The Hall–Kier alpha value is -2.47. The summed E-state index contributed by atoms with van der Waals surface area (Å²) >= 11 is 14.5. The van der Waals surface area contributed by atoms with Gasteiger partial charge in [-0.05, 0) is 80.7 Å². The summed E-state index contributed by atoms with van der Waals surface area (Å²) in [6.45, 7) is 0.368. The average molecular weight is 567 g/mol. The number of hydrogen-bond acceptors (Lipinski definition) is 7. The molecule has 9 heteroatoms. The molecule has 6 nitrogen and oxygen atoms in total. The van der Waals surface area contributed by atoms with Crippen LogP contribution in [0.2, 0.25) is 10.0 Å². The van der Waals surface area contributed by atoms with Gasteiger partial charge in [0.15, 0.2) is 0 Å². The van der Waals surface area contributed by atoms with Crippen LogP contribution in [0.25, 0.3) is 21.5 Å². The minimum atomic E-state index is -0.955. The highest BCUT2D eigenvalue weighted by Crippen LogP contribution is 2.57. The molecule has 4 aromatic rings. The van der Waals surface area contributed by atoms with E-state index in [2.05, 4.69) is 11.2 Å². The van der Waals surface area contributed by atoms with Crippen molar-refractivity contribution in [1.29, 1.82) is 5.26 Å². The van der Waals surface area contributed by atoms with E-state index in [1.165, 1.54) is 11.3 Å². The Kier molecular flexibility index (Phi) is 6.03. The third kappa shape index (κ3) is 3.97. The van der Waals surface area contributed by atoms with Crippen LogP contribution in [-0.2, 0) is 16.9 Å². The molecule has 4 atom stereocenters. The second-order valence-corrected chi connectivity index (χ2v) is 12.6. The van der Waals surface area contributed by atoms with E-state index in [-0.39, 0.29) is 17.9 Å². The van der Waals surface area contributed by atoms with Crippen LogP contribution in [0.1, 0.15) is 66.3 Å². The number of aromatic nitrogens is 2. The molecule has 38 heavy (non-hydrogen) atoms. The highest BCUT2D eigenvalue weighted by Gasteiger charge is 2.56. The van der Waals surface area contributed by atoms with Crippen LogP contribution < -0.4 is 0 Å². The van der Waals surface area contributed by atoms with Crippen molar-refractivity contribution < 1.29 is 14.4 Å². The first-order chi connectivity index (χ1) is 18.5. The van der Waals surface area contributed by atoms with Crippen molar-refractivity contribution in [2.75, 3.05) is 0 Å². The maximum Gasteiger partial charge on any atom is 0.145 e. The van der Waals surface area contributed by atoms with Crippen LogP contribution in [-0.4, -0.2) is 21.4 Å². The number of rotatable bonds is 6. The van der Waals surface area contributed by atoms with E-state index in [0.29, 0.717) is 39.4 Å². The number of nitrogens with zero attached hydrogens (tertiary/aromatic N) is 3. The number of fused-ring (bicyclic) bond motifs is 3. The molecule has 7 rings (SSSR count). The molecule has 2 heterocycles. The minimum Gasteiger partial charge on any atom is -0.382 e. The highest BCUT2D eigenvalue weighted by molar-refractivity contribution is 7.18. The van der Waals surface area contributed by atoms with Crippen LogP contribution in [0.5, 0.6) is 0 Å². The summed E-state index contributed by atoms with van der Waals surface area (Å²) in [7, 11) is 0. The van der Waals surface area contributed by atoms with Crippen molar-refractivity contribution >= 4 is 44.8 Å². The quantitative estimate of drug-likeness (QED) is 0.258. The molecule has 0 unspecified atom stereocenters. The number of ether oxygens (including phenoxy) is 1. The Bertz CT molecular complexity index is 1550. The van der Waals surface area contributed by atoms with Gasteiger partial charge in [0.2, 0.25) is 0 Å². The minimum absolute atomic E-state index is 0.0175. The molecular formula is C29H25Cl2N3O3S. The fourth-order valence-corrected chi connectivity index (χ4v) is 8.23. The van der Waals surface area contributed by atoms with Gasteiger partial charge in [-0.15, -0.1) is 11.3 Å². The van der Waals surface area contributed by atoms with E-state index >= 15 is 0 Å². The van der Waals surface area contributed by atoms with Gasteiger partial charge in [-0.2, -0.15) is 5.26 Å². The van der Waals surface area contributed by atoms with Crippen molar-refractivity contribution in [3.8, 4) is 17.3 Å². The number of benzene rings is 2. The Morgan fingerprint density at radius 1 is 1.11 bits per heavy atom. The van der Waals surface area contributed by atoms with Gasteiger partial charge < -0.3 is 14.4 Å². The van der Waals surface area contributed by atoms with E-state index in [1.807, 2.05) is 30.3 Å². The number of aliphatic hydroxyl groups is 1. The topological polar surface area (TPSA) is 92.2 Å². The van der Waals surface area contributed by atoms with Crippen molar-refractivity contribution in [1.82, 2.24) is 10.1 Å². The van der Waals surface area contributed by atoms with Crippen LogP contribution in [0.15, 0.2) is 40.9 Å². The first kappa shape index (κ1) is 24.6. The summed E-state index contributed by atoms with van der Waals surface area (Å²) in [5.41, 5.74) is 2.75. The first-order valence-corrected chi connectivity index (χ1v) is 14.6. The number of halogens is 2. The van der Waals surface area contributed by atoms with Crippen LogP contribution in [0.3, 0.4) is 0 Å². The monoisotopic (exact) mass is 565 g/mol. The van der Waals surface area contributed by atoms with Gasteiger partial charge in [0.1, 0.15) is 22.1 Å². The zero-order valence-corrected chi connectivity index (χ0v) is 22.8. The molecule has 3 aliphatic rings. The second-order valence-electron chi connectivity index (χ2n) is 10.8. The van der Waals surface area contributed by atoms with Crippen molar-refractivity contribution in [3.63, 3.8) is 0 Å². The van der Waals surface area contributed by atoms with Gasteiger partial charge in [0.25, 0.3) is 0 Å². The van der Waals surface area contributed by atoms with Crippen molar-refractivity contribution in [2.45, 2.75) is 62.8 Å². The zero-order chi connectivity index (χ0) is 26.0. The standard InChI is InChI=1S/C29H25Cl2N3O3S/c30-21-2-1-3-22(31)25(21)26-20(27(37-34-26)16-5-6-16)14-36-19-11-17-7-8-18(12-19)29(17,35)28-33-23-9-4-15(13-32)10-24(23)38-28/h1-4,9-10,16-19,35H,5-8,11-12,14H2/t17-,18+,19+,29+. The van der Waals surface area contributed by atoms with Crippen molar-refractivity contribution in [3.05, 3.63) is 68.3 Å². The maximum absolute atomic E-state index is 12.0. The van der Waals surface area contributed by atoms with Crippen LogP contribution in [0.4, 0.5) is 0 Å². The summed E-state index contributed by atoms with van der Waals surface area (Å²) < 4.78 is 13.3. The van der Waals surface area contributed by atoms with E-state index in [9.17, 15) is 10.4 Å². The van der Waals surface area contributed by atoms with Gasteiger partial charge in [-0.1, -0.05) is 34.4 Å². The van der Waals surface area contributed by atoms with E-state index in [4.69, 9.17) is 37.4 Å². The van der Waals surface area contributed by atoms with Gasteiger partial charge in [-0.3, -0.25) is 0 Å². The van der Waals surface area contributed by atoms with Gasteiger partial charge in [0, 0.05) is 17.0 Å². The smallest absolute Gasteiger partial charge is 0.145 e. The second kappa shape index (κ2) is 9.32. The van der Waals surface area contributed by atoms with Gasteiger partial charge >= 0.3 is 0 Å². The van der Waals surface area contributed by atoms with Crippen LogP contribution in [0, 0.1) is 23.2 Å². The van der Waals surface area contributed by atoms with E-state index in [0.717, 1.165) is 65.1 Å². The molecule has 194 valence electrons. The molecule has 3 saturated carbocycles. The summed E-state index contributed by atoms with van der Waals surface area (Å²) in [6, 6.07) is 13.1. The van der Waals surface area contributed by atoms with Gasteiger partial charge in [0.05, 0.1) is 44.6 Å². The number of hydrogen-bond donors (Lipinski definition) is 1. The Morgan fingerprint density at radius 2 is 1.84 bits per heavy atom. The third-order valence-electron chi connectivity index (χ3n) is 8.49. The summed E-state index contributed by atoms with van der Waals surface area (Å²) in [5, 5.41) is 27.5. The molecule has 2 aromatic heterocycles. The largest absolute Gasteiger partial charge is 0.382 e. The lowest BCUT2D eigenvalue weighted by molar-refractivity contribution is -0.116. The van der Waals surface area contributed by atoms with Gasteiger partial charge in [-0.25, -0.2) is 4.98 Å². The first-order valence-electron chi connectivity index (χ1n) is 13.0. The maximum atomic E-state index is 12.0. The van der Waals surface area contributed by atoms with Crippen LogP contribution >= 0.6 is 34.5 Å². The van der Waals surface area contributed by atoms with Crippen molar-refractivity contribution in [2.24, 2.45) is 11.8 Å². The number of thiazole rings is 1. The molecule has 2 bridgehead atoms. The van der Waals surface area contributed by atoms with E-state index < -0.39 is 5.60 Å². The molecule has 0 saturated heterocycles. The summed E-state index contributed by atoms with van der Waals surface area (Å²) in [4.78, 5) is 4.81.